The van der Waals surface area contributed by atoms with Crippen molar-refractivity contribution >= 4 is 11.7 Å². The quantitative estimate of drug-likeness (QED) is 0.842. The molecule has 2 heterocycles. The van der Waals surface area contributed by atoms with E-state index in [2.05, 4.69) is 15.3 Å². The fourth-order valence-electron chi connectivity index (χ4n) is 1.98. The number of nitrogens with one attached hydrogen (secondary N) is 1. The van der Waals surface area contributed by atoms with Crippen molar-refractivity contribution in [1.29, 1.82) is 0 Å². The summed E-state index contributed by atoms with van der Waals surface area (Å²) in [4.78, 5) is 21.9. The van der Waals surface area contributed by atoms with Crippen LogP contribution in [0.4, 0.5) is 5.82 Å². The summed E-state index contributed by atoms with van der Waals surface area (Å²) in [5, 5.41) is 2.86. The molecule has 1 saturated heterocycles. The van der Waals surface area contributed by atoms with Gasteiger partial charge in [0, 0.05) is 31.6 Å². The Morgan fingerprint density at radius 1 is 1.37 bits per heavy atom. The van der Waals surface area contributed by atoms with Crippen molar-refractivity contribution in [3.8, 4) is 11.9 Å². The number of hydrogen-bond donors (Lipinski definition) is 1. The van der Waals surface area contributed by atoms with Crippen LogP contribution in [0.5, 0.6) is 11.9 Å². The third-order valence-corrected chi connectivity index (χ3v) is 3.06. The molecule has 1 fully saturated rings. The van der Waals surface area contributed by atoms with Crippen LogP contribution in [0.25, 0.3) is 0 Å². The summed E-state index contributed by atoms with van der Waals surface area (Å²) in [6.07, 6.45) is 0.443. The molecule has 1 aliphatic heterocycles. The fourth-order valence-corrected chi connectivity index (χ4v) is 1.98. The average Bonchev–Trinajstić information content (AvgIpc) is 2.60. The summed E-state index contributed by atoms with van der Waals surface area (Å²) < 4.78 is 10.2. The van der Waals surface area contributed by atoms with Crippen molar-refractivity contribution in [2.45, 2.75) is 19.4 Å². The van der Waals surface area contributed by atoms with Gasteiger partial charge in [-0.1, -0.05) is 0 Å². The minimum absolute atomic E-state index is 0.0577. The molecule has 0 aliphatic carbocycles. The lowest BCUT2D eigenvalue weighted by Gasteiger charge is -2.27. The zero-order valence-corrected chi connectivity index (χ0v) is 11.3. The first-order valence-corrected chi connectivity index (χ1v) is 6.14. The van der Waals surface area contributed by atoms with Crippen LogP contribution in [0.1, 0.15) is 13.3 Å². The Morgan fingerprint density at radius 2 is 2.16 bits per heavy atom. The number of carbonyl (C=O) groups excluding carboxylic acids is 1. The van der Waals surface area contributed by atoms with Crippen LogP contribution in [-0.4, -0.2) is 49.2 Å². The smallest absolute Gasteiger partial charge is 0.321 e. The predicted octanol–water partition coefficient (Wildman–Crippen LogP) is 0.209. The summed E-state index contributed by atoms with van der Waals surface area (Å²) in [5.41, 5.74) is 0. The molecule has 1 aromatic heterocycles. The largest absolute Gasteiger partial charge is 0.481 e. The maximum absolute atomic E-state index is 11.4. The van der Waals surface area contributed by atoms with Crippen LogP contribution < -0.4 is 19.7 Å². The number of nitrogens with zero attached hydrogens (tertiary/aromatic N) is 3. The van der Waals surface area contributed by atoms with E-state index in [9.17, 15) is 4.79 Å². The molecule has 1 aliphatic rings. The van der Waals surface area contributed by atoms with Gasteiger partial charge in [0.25, 0.3) is 0 Å². The van der Waals surface area contributed by atoms with Gasteiger partial charge in [-0.25, -0.2) is 0 Å². The second-order valence-electron chi connectivity index (χ2n) is 4.35. The number of aromatic nitrogens is 2. The van der Waals surface area contributed by atoms with E-state index < -0.39 is 0 Å². The molecule has 7 nitrogen and oxygen atoms in total. The number of hydrogen-bond acceptors (Lipinski definition) is 6. The Bertz CT molecular complexity index is 444. The number of methoxy groups -OCH3 is 2. The first-order valence-electron chi connectivity index (χ1n) is 6.14. The van der Waals surface area contributed by atoms with Crippen LogP contribution in [0.15, 0.2) is 6.07 Å². The monoisotopic (exact) mass is 266 g/mol. The zero-order chi connectivity index (χ0) is 13.8. The SMILES string of the molecule is COc1cc(N2CCC(=O)NCC2C)nc(OC)n1. The molecule has 0 bridgehead atoms. The van der Waals surface area contributed by atoms with E-state index >= 15 is 0 Å². The van der Waals surface area contributed by atoms with Crippen molar-refractivity contribution < 1.29 is 14.3 Å². The van der Waals surface area contributed by atoms with Crippen molar-refractivity contribution in [2.24, 2.45) is 0 Å². The summed E-state index contributed by atoms with van der Waals surface area (Å²) in [6, 6.07) is 2.15. The van der Waals surface area contributed by atoms with Gasteiger partial charge < -0.3 is 19.7 Å². The Hall–Kier alpha value is -2.05. The Morgan fingerprint density at radius 3 is 2.84 bits per heavy atom. The lowest BCUT2D eigenvalue weighted by Crippen LogP contribution is -2.38. The van der Waals surface area contributed by atoms with Crippen LogP contribution in [0, 0.1) is 0 Å². The summed E-state index contributed by atoms with van der Waals surface area (Å²) >= 11 is 0. The van der Waals surface area contributed by atoms with E-state index in [0.717, 1.165) is 0 Å². The molecular weight excluding hydrogens is 248 g/mol. The van der Waals surface area contributed by atoms with Crippen LogP contribution in [0.2, 0.25) is 0 Å². The number of carbonyl (C=O) groups is 1. The number of amides is 1. The van der Waals surface area contributed by atoms with Crippen LogP contribution in [-0.2, 0) is 4.79 Å². The van der Waals surface area contributed by atoms with Crippen LogP contribution >= 0.6 is 0 Å². The highest BCUT2D eigenvalue weighted by molar-refractivity contribution is 5.77. The van der Waals surface area contributed by atoms with E-state index in [1.54, 1.807) is 13.2 Å². The molecule has 7 heteroatoms. The Labute approximate surface area is 111 Å². The van der Waals surface area contributed by atoms with Gasteiger partial charge in [-0.2, -0.15) is 9.97 Å². The molecule has 1 N–H and O–H groups in total. The summed E-state index contributed by atoms with van der Waals surface area (Å²) in [6.45, 7) is 3.23. The van der Waals surface area contributed by atoms with E-state index in [0.29, 0.717) is 31.2 Å². The lowest BCUT2D eigenvalue weighted by atomic mass is 10.2. The third kappa shape index (κ3) is 3.04. The number of anilines is 1. The van der Waals surface area contributed by atoms with E-state index in [4.69, 9.17) is 9.47 Å². The fraction of sp³-hybridized carbons (Fsp3) is 0.583. The second-order valence-corrected chi connectivity index (χ2v) is 4.35. The molecule has 1 amide bonds. The topological polar surface area (TPSA) is 76.6 Å². The molecular formula is C12H18N4O3. The van der Waals surface area contributed by atoms with E-state index in [-0.39, 0.29) is 18.0 Å². The maximum Gasteiger partial charge on any atom is 0.321 e. The van der Waals surface area contributed by atoms with Gasteiger partial charge in [0.1, 0.15) is 5.82 Å². The minimum atomic E-state index is 0.0577. The van der Waals surface area contributed by atoms with E-state index in [1.807, 2.05) is 11.8 Å². The normalized spacial score (nSPS) is 19.6. The van der Waals surface area contributed by atoms with E-state index in [1.165, 1.54) is 7.11 Å². The molecule has 104 valence electrons. The van der Waals surface area contributed by atoms with Gasteiger partial charge in [0.15, 0.2) is 0 Å². The van der Waals surface area contributed by atoms with Gasteiger partial charge in [-0.3, -0.25) is 4.79 Å². The average molecular weight is 266 g/mol. The molecule has 2 rings (SSSR count). The van der Waals surface area contributed by atoms with Crippen LogP contribution in [0.3, 0.4) is 0 Å². The first-order chi connectivity index (χ1) is 9.13. The third-order valence-electron chi connectivity index (χ3n) is 3.06. The standard InChI is InChI=1S/C12H18N4O3/c1-8-7-13-10(17)4-5-16(8)9-6-11(18-2)15-12(14-9)19-3/h6,8H,4-5,7H2,1-3H3,(H,13,17). The van der Waals surface area contributed by atoms with Gasteiger partial charge in [0.2, 0.25) is 11.8 Å². The highest BCUT2D eigenvalue weighted by atomic mass is 16.5. The van der Waals surface area contributed by atoms with Crippen molar-refractivity contribution in [3.05, 3.63) is 6.07 Å². The summed E-state index contributed by atoms with van der Waals surface area (Å²) in [5.74, 6) is 1.20. The highest BCUT2D eigenvalue weighted by Gasteiger charge is 2.22. The van der Waals surface area contributed by atoms with Gasteiger partial charge in [0.05, 0.1) is 14.2 Å². The molecule has 0 aromatic carbocycles. The minimum Gasteiger partial charge on any atom is -0.481 e. The molecule has 0 saturated carbocycles. The van der Waals surface area contributed by atoms with Gasteiger partial charge in [-0.05, 0) is 6.92 Å². The number of ether oxygens (including phenoxy) is 2. The highest BCUT2D eigenvalue weighted by Crippen LogP contribution is 2.23. The zero-order valence-electron chi connectivity index (χ0n) is 11.3. The summed E-state index contributed by atoms with van der Waals surface area (Å²) in [7, 11) is 3.05. The Balaban J connectivity index is 2.30. The van der Waals surface area contributed by atoms with Gasteiger partial charge >= 0.3 is 6.01 Å². The predicted molar refractivity (Wildman–Crippen MR) is 69.6 cm³/mol. The maximum atomic E-state index is 11.4. The number of rotatable bonds is 3. The lowest BCUT2D eigenvalue weighted by molar-refractivity contribution is -0.120. The van der Waals surface area contributed by atoms with Gasteiger partial charge in [-0.15, -0.1) is 0 Å². The molecule has 1 unspecified atom stereocenters. The molecule has 1 aromatic rings. The van der Waals surface area contributed by atoms with Crippen molar-refractivity contribution in [2.75, 3.05) is 32.2 Å². The Kier molecular flexibility index (Phi) is 4.03. The second kappa shape index (κ2) is 5.73. The molecule has 0 spiro atoms. The molecule has 19 heavy (non-hydrogen) atoms. The van der Waals surface area contributed by atoms with Crippen molar-refractivity contribution in [1.82, 2.24) is 15.3 Å². The molecule has 1 atom stereocenters. The first kappa shape index (κ1) is 13.4. The van der Waals surface area contributed by atoms with Crippen molar-refractivity contribution in [3.63, 3.8) is 0 Å². The molecule has 0 radical (unpaired) electrons.